The fourth-order valence-electron chi connectivity index (χ4n) is 1.69. The molecule has 2 rings (SSSR count). The number of nitrogens with zero attached hydrogens (tertiary/aromatic N) is 2. The summed E-state index contributed by atoms with van der Waals surface area (Å²) in [6.45, 7) is 1.53. The molecule has 0 aliphatic rings. The number of carboxylic acids is 1. The summed E-state index contributed by atoms with van der Waals surface area (Å²) in [6.07, 6.45) is 3.03. The van der Waals surface area contributed by atoms with Crippen LogP contribution in [0.2, 0.25) is 0 Å². The van der Waals surface area contributed by atoms with Crippen molar-refractivity contribution >= 4 is 17.6 Å². The summed E-state index contributed by atoms with van der Waals surface area (Å²) in [5.74, 6) is -4.63. The fraction of sp³-hybridized carbons (Fsp3) is 0.154. The molecule has 2 N–H and O–H groups in total. The first-order valence-corrected chi connectivity index (χ1v) is 5.92. The van der Waals surface area contributed by atoms with Crippen LogP contribution in [0.3, 0.4) is 0 Å². The van der Waals surface area contributed by atoms with E-state index in [1.807, 2.05) is 0 Å². The van der Waals surface area contributed by atoms with E-state index in [0.717, 1.165) is 0 Å². The fourth-order valence-corrected chi connectivity index (χ4v) is 1.69. The molecule has 0 saturated carbocycles. The van der Waals surface area contributed by atoms with Gasteiger partial charge < -0.3 is 10.4 Å². The predicted octanol–water partition coefficient (Wildman–Crippen LogP) is 2.06. The van der Waals surface area contributed by atoms with E-state index in [2.05, 4.69) is 10.4 Å². The van der Waals surface area contributed by atoms with E-state index in [9.17, 15) is 18.4 Å². The lowest BCUT2D eigenvalue weighted by Gasteiger charge is -2.14. The molecule has 0 aliphatic heterocycles. The summed E-state index contributed by atoms with van der Waals surface area (Å²) in [7, 11) is 0. The maximum atomic E-state index is 13.2. The Morgan fingerprint density at radius 1 is 1.33 bits per heavy atom. The van der Waals surface area contributed by atoms with Crippen LogP contribution in [0.15, 0.2) is 30.6 Å². The van der Waals surface area contributed by atoms with Crippen LogP contribution in [-0.2, 0) is 4.79 Å². The first kappa shape index (κ1) is 14.6. The van der Waals surface area contributed by atoms with E-state index in [1.54, 1.807) is 12.3 Å². The Morgan fingerprint density at radius 2 is 2.00 bits per heavy atom. The highest BCUT2D eigenvalue weighted by molar-refractivity contribution is 6.01. The Balaban J connectivity index is 2.28. The molecule has 1 heterocycles. The number of halogens is 2. The topological polar surface area (TPSA) is 84.2 Å². The number of hydrogen-bond acceptors (Lipinski definition) is 3. The highest BCUT2D eigenvalue weighted by Crippen LogP contribution is 2.21. The zero-order chi connectivity index (χ0) is 15.6. The minimum atomic E-state index is -1.48. The van der Waals surface area contributed by atoms with Gasteiger partial charge in [-0.3, -0.25) is 9.48 Å². The lowest BCUT2D eigenvalue weighted by molar-refractivity contribution is -0.119. The van der Waals surface area contributed by atoms with Crippen molar-refractivity contribution < 1.29 is 23.5 Å². The third-order valence-electron chi connectivity index (χ3n) is 2.85. The number of aromatic carboxylic acids is 1. The van der Waals surface area contributed by atoms with Gasteiger partial charge in [0.15, 0.2) is 11.6 Å². The Kier molecular flexibility index (Phi) is 3.97. The molecule has 1 unspecified atom stereocenters. The molecule has 1 amide bonds. The summed E-state index contributed by atoms with van der Waals surface area (Å²) in [4.78, 5) is 23.0. The van der Waals surface area contributed by atoms with E-state index >= 15 is 0 Å². The quantitative estimate of drug-likeness (QED) is 0.904. The second-order valence-corrected chi connectivity index (χ2v) is 4.27. The molecule has 0 spiro atoms. The molecule has 1 aromatic carbocycles. The molecular weight excluding hydrogens is 284 g/mol. The standard InChI is InChI=1S/C13H11F2N3O3/c1-7(18-4-2-3-16-18)12(19)17-11-6-10(15)9(14)5-8(11)13(20)21/h2-7H,1H3,(H,17,19)(H,20,21). The largest absolute Gasteiger partial charge is 0.478 e. The van der Waals surface area contributed by atoms with Crippen molar-refractivity contribution in [3.8, 4) is 0 Å². The van der Waals surface area contributed by atoms with Crippen LogP contribution in [0.4, 0.5) is 14.5 Å². The van der Waals surface area contributed by atoms with Gasteiger partial charge in [-0.15, -0.1) is 0 Å². The van der Waals surface area contributed by atoms with E-state index in [1.165, 1.54) is 17.8 Å². The number of anilines is 1. The van der Waals surface area contributed by atoms with Crippen molar-refractivity contribution in [2.75, 3.05) is 5.32 Å². The third-order valence-corrected chi connectivity index (χ3v) is 2.85. The molecule has 0 fully saturated rings. The van der Waals surface area contributed by atoms with Crippen molar-refractivity contribution in [2.45, 2.75) is 13.0 Å². The van der Waals surface area contributed by atoms with Crippen molar-refractivity contribution in [1.82, 2.24) is 9.78 Å². The molecule has 21 heavy (non-hydrogen) atoms. The maximum Gasteiger partial charge on any atom is 0.337 e. The van der Waals surface area contributed by atoms with Crippen LogP contribution >= 0.6 is 0 Å². The lowest BCUT2D eigenvalue weighted by atomic mass is 10.1. The number of nitrogens with one attached hydrogen (secondary N) is 1. The number of amides is 1. The monoisotopic (exact) mass is 295 g/mol. The van der Waals surface area contributed by atoms with Crippen molar-refractivity contribution in [2.24, 2.45) is 0 Å². The van der Waals surface area contributed by atoms with Crippen molar-refractivity contribution in [1.29, 1.82) is 0 Å². The average Bonchev–Trinajstić information content (AvgIpc) is 2.95. The molecule has 1 aromatic heterocycles. The Bertz CT molecular complexity index is 686. The number of rotatable bonds is 4. The number of carbonyl (C=O) groups is 2. The number of aromatic nitrogens is 2. The van der Waals surface area contributed by atoms with E-state index < -0.39 is 35.1 Å². The van der Waals surface area contributed by atoms with Gasteiger partial charge in [-0.25, -0.2) is 13.6 Å². The molecule has 1 atom stereocenters. The van der Waals surface area contributed by atoms with Crippen molar-refractivity contribution in [3.05, 3.63) is 47.8 Å². The molecule has 0 radical (unpaired) electrons. The number of hydrogen-bond donors (Lipinski definition) is 2. The lowest BCUT2D eigenvalue weighted by Crippen LogP contribution is -2.25. The van der Waals surface area contributed by atoms with Gasteiger partial charge in [0, 0.05) is 18.5 Å². The van der Waals surface area contributed by atoms with E-state index in [-0.39, 0.29) is 5.69 Å². The van der Waals surface area contributed by atoms with Crippen LogP contribution in [-0.4, -0.2) is 26.8 Å². The van der Waals surface area contributed by atoms with Crippen molar-refractivity contribution in [3.63, 3.8) is 0 Å². The molecule has 0 saturated heterocycles. The Hall–Kier alpha value is -2.77. The SMILES string of the molecule is CC(C(=O)Nc1cc(F)c(F)cc1C(=O)O)n1cccn1. The second kappa shape index (κ2) is 5.70. The molecule has 8 heteroatoms. The van der Waals surface area contributed by atoms with Gasteiger partial charge in [0.2, 0.25) is 5.91 Å². The van der Waals surface area contributed by atoms with Gasteiger partial charge in [0.25, 0.3) is 0 Å². The van der Waals surface area contributed by atoms with Gasteiger partial charge in [-0.1, -0.05) is 0 Å². The molecule has 0 aliphatic carbocycles. The number of benzene rings is 1. The van der Waals surface area contributed by atoms with Crippen LogP contribution in [0.25, 0.3) is 0 Å². The number of carboxylic acid groups (broad SMARTS) is 1. The van der Waals surface area contributed by atoms with E-state index in [0.29, 0.717) is 12.1 Å². The first-order valence-electron chi connectivity index (χ1n) is 5.92. The maximum absolute atomic E-state index is 13.2. The van der Waals surface area contributed by atoms with Crippen LogP contribution in [0.1, 0.15) is 23.3 Å². The van der Waals surface area contributed by atoms with E-state index in [4.69, 9.17) is 5.11 Å². The van der Waals surface area contributed by atoms with Crippen LogP contribution in [0.5, 0.6) is 0 Å². The summed E-state index contributed by atoms with van der Waals surface area (Å²) in [5, 5.41) is 15.1. The molecule has 6 nitrogen and oxygen atoms in total. The van der Waals surface area contributed by atoms with Gasteiger partial charge >= 0.3 is 5.97 Å². The van der Waals surface area contributed by atoms with Crippen LogP contribution < -0.4 is 5.32 Å². The molecule has 110 valence electrons. The smallest absolute Gasteiger partial charge is 0.337 e. The van der Waals surface area contributed by atoms with Crippen LogP contribution in [0, 0.1) is 11.6 Å². The minimum Gasteiger partial charge on any atom is -0.478 e. The zero-order valence-electron chi connectivity index (χ0n) is 10.9. The molecular formula is C13H11F2N3O3. The summed E-state index contributed by atoms with van der Waals surface area (Å²) < 4.78 is 27.6. The predicted molar refractivity (Wildman–Crippen MR) is 68.9 cm³/mol. The molecule has 2 aromatic rings. The van der Waals surface area contributed by atoms with Gasteiger partial charge in [-0.2, -0.15) is 5.10 Å². The highest BCUT2D eigenvalue weighted by Gasteiger charge is 2.20. The van der Waals surface area contributed by atoms with Gasteiger partial charge in [-0.05, 0) is 19.1 Å². The first-order chi connectivity index (χ1) is 9.90. The van der Waals surface area contributed by atoms with Gasteiger partial charge in [0.05, 0.1) is 11.3 Å². The second-order valence-electron chi connectivity index (χ2n) is 4.27. The normalized spacial score (nSPS) is 12.0. The van der Waals surface area contributed by atoms with Gasteiger partial charge in [0.1, 0.15) is 6.04 Å². The Labute approximate surface area is 118 Å². The third kappa shape index (κ3) is 3.04. The summed E-state index contributed by atoms with van der Waals surface area (Å²) in [5.41, 5.74) is -0.847. The highest BCUT2D eigenvalue weighted by atomic mass is 19.2. The zero-order valence-corrected chi connectivity index (χ0v) is 10.9. The molecule has 0 bridgehead atoms. The average molecular weight is 295 g/mol. The minimum absolute atomic E-state index is 0.314. The summed E-state index contributed by atoms with van der Waals surface area (Å²) in [6, 6.07) is 2.03. The summed E-state index contributed by atoms with van der Waals surface area (Å²) >= 11 is 0. The Morgan fingerprint density at radius 3 is 2.57 bits per heavy atom. The number of carbonyl (C=O) groups excluding carboxylic acids is 1.